The summed E-state index contributed by atoms with van der Waals surface area (Å²) in [5, 5.41) is 3.47. The fraction of sp³-hybridized carbons (Fsp3) is 0.556. The fourth-order valence-electron chi connectivity index (χ4n) is 2.99. The van der Waals surface area contributed by atoms with E-state index in [9.17, 15) is 4.39 Å². The van der Waals surface area contributed by atoms with Crippen molar-refractivity contribution in [1.82, 2.24) is 5.32 Å². The smallest absolute Gasteiger partial charge is 0.128 e. The highest BCUT2D eigenvalue weighted by atomic mass is 19.1. The maximum Gasteiger partial charge on any atom is 0.128 e. The van der Waals surface area contributed by atoms with Crippen LogP contribution in [0.3, 0.4) is 0 Å². The van der Waals surface area contributed by atoms with Crippen LogP contribution in [0.25, 0.3) is 0 Å². The Morgan fingerprint density at radius 2 is 2.00 bits per heavy atom. The van der Waals surface area contributed by atoms with Gasteiger partial charge < -0.3 is 5.32 Å². The highest BCUT2D eigenvalue weighted by Crippen LogP contribution is 2.30. The number of likely N-dealkylation sites (N-methyl/N-ethyl adjacent to an activating group) is 1. The molecule has 0 amide bonds. The van der Waals surface area contributed by atoms with E-state index in [0.717, 1.165) is 30.5 Å². The summed E-state index contributed by atoms with van der Waals surface area (Å²) in [5.41, 5.74) is 3.15. The molecule has 1 aliphatic carbocycles. The molecule has 2 rings (SSSR count). The third-order valence-electron chi connectivity index (χ3n) is 4.07. The average molecular weight is 275 g/mol. The van der Waals surface area contributed by atoms with Crippen LogP contribution in [0.5, 0.6) is 0 Å². The van der Waals surface area contributed by atoms with Gasteiger partial charge in [0.1, 0.15) is 5.82 Å². The van der Waals surface area contributed by atoms with Crippen molar-refractivity contribution in [2.75, 3.05) is 6.54 Å². The molecule has 0 heterocycles. The van der Waals surface area contributed by atoms with E-state index >= 15 is 0 Å². The number of nitrogens with one attached hydrogen (secondary N) is 1. The van der Waals surface area contributed by atoms with E-state index in [4.69, 9.17) is 0 Å². The van der Waals surface area contributed by atoms with Gasteiger partial charge in [0.2, 0.25) is 0 Å². The molecule has 0 saturated carbocycles. The maximum absolute atomic E-state index is 14.3. The Kier molecular flexibility index (Phi) is 5.78. The number of hydrogen-bond acceptors (Lipinski definition) is 1. The van der Waals surface area contributed by atoms with Gasteiger partial charge in [-0.1, -0.05) is 43.5 Å². The minimum absolute atomic E-state index is 0.0405. The summed E-state index contributed by atoms with van der Waals surface area (Å²) in [5.74, 6) is -0.0843. The van der Waals surface area contributed by atoms with E-state index < -0.39 is 0 Å². The van der Waals surface area contributed by atoms with Crippen LogP contribution in [-0.4, -0.2) is 6.54 Å². The van der Waals surface area contributed by atoms with Gasteiger partial charge in [-0.3, -0.25) is 0 Å². The summed E-state index contributed by atoms with van der Waals surface area (Å²) in [7, 11) is 0. The lowest BCUT2D eigenvalue weighted by Gasteiger charge is -2.24. The Morgan fingerprint density at radius 1 is 1.20 bits per heavy atom. The molecule has 2 heteroatoms. The Morgan fingerprint density at radius 3 is 2.75 bits per heavy atom. The summed E-state index contributed by atoms with van der Waals surface area (Å²) in [4.78, 5) is 0. The molecule has 110 valence electrons. The molecule has 0 bridgehead atoms. The molecule has 1 nitrogen and oxygen atoms in total. The molecule has 0 spiro atoms. The lowest BCUT2D eigenvalue weighted by molar-refractivity contribution is 0.524. The number of rotatable bonds is 4. The van der Waals surface area contributed by atoms with Gasteiger partial charge in [0.05, 0.1) is 6.04 Å². The standard InChI is InChI=1S/C18H26FN/c1-3-20-18(15-9-7-5-4-6-8-10-15)16-12-11-14(2)13-17(16)19/h9,11-13,18,20H,3-8,10H2,1-2H3/b15-9+. The molecule has 20 heavy (non-hydrogen) atoms. The topological polar surface area (TPSA) is 12.0 Å². The number of hydrogen-bond donors (Lipinski definition) is 1. The Bertz CT molecular complexity index is 464. The second-order valence-corrected chi connectivity index (χ2v) is 5.75. The van der Waals surface area contributed by atoms with Crippen molar-refractivity contribution >= 4 is 0 Å². The van der Waals surface area contributed by atoms with Crippen LogP contribution >= 0.6 is 0 Å². The van der Waals surface area contributed by atoms with E-state index in [1.807, 2.05) is 19.1 Å². The summed E-state index contributed by atoms with van der Waals surface area (Å²) >= 11 is 0. The largest absolute Gasteiger partial charge is 0.307 e. The van der Waals surface area contributed by atoms with Crippen molar-refractivity contribution < 1.29 is 4.39 Å². The van der Waals surface area contributed by atoms with Crippen molar-refractivity contribution in [2.45, 2.75) is 58.4 Å². The van der Waals surface area contributed by atoms with E-state index in [-0.39, 0.29) is 11.9 Å². The van der Waals surface area contributed by atoms with Crippen LogP contribution in [0.1, 0.15) is 62.6 Å². The first-order valence-electron chi connectivity index (χ1n) is 7.90. The maximum atomic E-state index is 14.3. The van der Waals surface area contributed by atoms with Crippen molar-refractivity contribution in [2.24, 2.45) is 0 Å². The first kappa shape index (κ1) is 15.2. The third kappa shape index (κ3) is 3.92. The molecule has 1 aliphatic rings. The van der Waals surface area contributed by atoms with Gasteiger partial charge >= 0.3 is 0 Å². The average Bonchev–Trinajstić information content (AvgIpc) is 2.37. The van der Waals surface area contributed by atoms with Crippen molar-refractivity contribution in [1.29, 1.82) is 0 Å². The molecule has 0 aliphatic heterocycles. The quantitative estimate of drug-likeness (QED) is 0.757. The van der Waals surface area contributed by atoms with Gasteiger partial charge in [0.15, 0.2) is 0 Å². The summed E-state index contributed by atoms with van der Waals surface area (Å²) in [6.45, 7) is 4.88. The monoisotopic (exact) mass is 275 g/mol. The van der Waals surface area contributed by atoms with Crippen molar-refractivity contribution in [3.63, 3.8) is 0 Å². The van der Waals surface area contributed by atoms with E-state index in [2.05, 4.69) is 18.3 Å². The highest BCUT2D eigenvalue weighted by Gasteiger charge is 2.19. The number of allylic oxidation sites excluding steroid dienone is 1. The molecule has 1 N–H and O–H groups in total. The van der Waals surface area contributed by atoms with E-state index in [0.29, 0.717) is 0 Å². The van der Waals surface area contributed by atoms with Crippen molar-refractivity contribution in [3.8, 4) is 0 Å². The molecule has 1 aromatic carbocycles. The molecular weight excluding hydrogens is 249 g/mol. The van der Waals surface area contributed by atoms with Crippen molar-refractivity contribution in [3.05, 3.63) is 46.8 Å². The third-order valence-corrected chi connectivity index (χ3v) is 4.07. The zero-order valence-electron chi connectivity index (χ0n) is 12.7. The minimum Gasteiger partial charge on any atom is -0.307 e. The number of halogens is 1. The highest BCUT2D eigenvalue weighted by molar-refractivity contribution is 5.32. The second-order valence-electron chi connectivity index (χ2n) is 5.75. The molecule has 1 atom stereocenters. The van der Waals surface area contributed by atoms with E-state index in [1.54, 1.807) is 6.07 Å². The van der Waals surface area contributed by atoms with Gasteiger partial charge in [0.25, 0.3) is 0 Å². The van der Waals surface area contributed by atoms with Crippen LogP contribution < -0.4 is 5.32 Å². The van der Waals surface area contributed by atoms with Gasteiger partial charge in [0, 0.05) is 5.56 Å². The molecule has 1 aromatic rings. The Hall–Kier alpha value is -1.15. The zero-order chi connectivity index (χ0) is 14.4. The molecule has 1 unspecified atom stereocenters. The molecule has 0 radical (unpaired) electrons. The van der Waals surface area contributed by atoms with Crippen LogP contribution in [0, 0.1) is 12.7 Å². The molecule has 0 saturated heterocycles. The van der Waals surface area contributed by atoms with Gasteiger partial charge in [-0.25, -0.2) is 4.39 Å². The summed E-state index contributed by atoms with van der Waals surface area (Å²) < 4.78 is 14.3. The first-order chi connectivity index (χ1) is 9.72. The number of benzene rings is 1. The lowest BCUT2D eigenvalue weighted by Crippen LogP contribution is -2.24. The molecule has 0 aromatic heterocycles. The van der Waals surface area contributed by atoms with Crippen LogP contribution in [-0.2, 0) is 0 Å². The summed E-state index contributed by atoms with van der Waals surface area (Å²) in [6.07, 6.45) is 9.67. The molecular formula is C18H26FN. The van der Waals surface area contributed by atoms with Gasteiger partial charge in [-0.15, -0.1) is 0 Å². The second kappa shape index (κ2) is 7.58. The predicted molar refractivity (Wildman–Crippen MR) is 83.3 cm³/mol. The van der Waals surface area contributed by atoms with Crippen LogP contribution in [0.15, 0.2) is 29.8 Å². The SMILES string of the molecule is CCNC(/C1=C/CCCCCC1)c1ccc(C)cc1F. The van der Waals surface area contributed by atoms with Crippen LogP contribution in [0.4, 0.5) is 4.39 Å². The Balaban J connectivity index is 2.29. The van der Waals surface area contributed by atoms with Crippen LogP contribution in [0.2, 0.25) is 0 Å². The molecule has 0 fully saturated rings. The normalized spacial score (nSPS) is 20.6. The fourth-order valence-corrected chi connectivity index (χ4v) is 2.99. The summed E-state index contributed by atoms with van der Waals surface area (Å²) in [6, 6.07) is 5.63. The van der Waals surface area contributed by atoms with Gasteiger partial charge in [-0.05, 0) is 50.8 Å². The van der Waals surface area contributed by atoms with Gasteiger partial charge in [-0.2, -0.15) is 0 Å². The zero-order valence-corrected chi connectivity index (χ0v) is 12.7. The first-order valence-corrected chi connectivity index (χ1v) is 7.90. The minimum atomic E-state index is -0.0843. The predicted octanol–water partition coefficient (Wildman–Crippen LogP) is 5.07. The lowest BCUT2D eigenvalue weighted by atomic mass is 9.90. The number of aryl methyl sites for hydroxylation is 1. The van der Waals surface area contributed by atoms with E-state index in [1.165, 1.54) is 31.3 Å². The Labute approximate surface area is 122 Å².